The minimum Gasteiger partial charge on any atom is -0.331 e. The van der Waals surface area contributed by atoms with E-state index in [0.29, 0.717) is 22.9 Å². The molecule has 0 radical (unpaired) electrons. The summed E-state index contributed by atoms with van der Waals surface area (Å²) < 4.78 is 1.81. The monoisotopic (exact) mass is 251 g/mol. The molecule has 7 heteroatoms. The molecule has 92 valence electrons. The lowest BCUT2D eigenvalue weighted by Crippen LogP contribution is -1.99. The van der Waals surface area contributed by atoms with Crippen LogP contribution in [0.1, 0.15) is 5.56 Å². The second-order valence-electron chi connectivity index (χ2n) is 3.93. The Morgan fingerprint density at radius 3 is 2.95 bits per heavy atom. The summed E-state index contributed by atoms with van der Waals surface area (Å²) in [6.07, 6.45) is 3.48. The molecular formula is C12H9N7. The SMILES string of the molecule is Cn1ccnc1-c1nnn(-c2cccc(C#N)c2)n1. The van der Waals surface area contributed by atoms with Gasteiger partial charge >= 0.3 is 0 Å². The van der Waals surface area contributed by atoms with E-state index >= 15 is 0 Å². The van der Waals surface area contributed by atoms with Crippen molar-refractivity contribution in [2.45, 2.75) is 0 Å². The van der Waals surface area contributed by atoms with Crippen LogP contribution in [0.25, 0.3) is 17.3 Å². The van der Waals surface area contributed by atoms with Crippen LogP contribution in [0, 0.1) is 11.3 Å². The van der Waals surface area contributed by atoms with Crippen LogP contribution >= 0.6 is 0 Å². The zero-order valence-electron chi connectivity index (χ0n) is 10.1. The summed E-state index contributed by atoms with van der Waals surface area (Å²) in [6, 6.07) is 9.08. The van der Waals surface area contributed by atoms with Gasteiger partial charge in [0.1, 0.15) is 0 Å². The summed E-state index contributed by atoms with van der Waals surface area (Å²) >= 11 is 0. The predicted octanol–water partition coefficient (Wildman–Crippen LogP) is 0.934. The van der Waals surface area contributed by atoms with Crippen molar-refractivity contribution in [3.8, 4) is 23.4 Å². The molecule has 0 fully saturated rings. The third-order valence-corrected chi connectivity index (χ3v) is 2.64. The number of aromatic nitrogens is 6. The van der Waals surface area contributed by atoms with Crippen LogP contribution in [-0.2, 0) is 7.05 Å². The zero-order valence-corrected chi connectivity index (χ0v) is 10.1. The van der Waals surface area contributed by atoms with Crippen molar-refractivity contribution >= 4 is 0 Å². The van der Waals surface area contributed by atoms with E-state index in [9.17, 15) is 0 Å². The minimum atomic E-state index is 0.440. The molecule has 0 saturated carbocycles. The largest absolute Gasteiger partial charge is 0.331 e. The Balaban J connectivity index is 2.02. The number of hydrogen-bond acceptors (Lipinski definition) is 5. The van der Waals surface area contributed by atoms with E-state index in [2.05, 4.69) is 26.5 Å². The van der Waals surface area contributed by atoms with E-state index in [1.807, 2.05) is 23.9 Å². The molecule has 0 unspecified atom stereocenters. The number of benzene rings is 1. The van der Waals surface area contributed by atoms with Crippen LogP contribution in [0.15, 0.2) is 36.7 Å². The van der Waals surface area contributed by atoms with Gasteiger partial charge in [0.2, 0.25) is 5.82 Å². The van der Waals surface area contributed by atoms with E-state index in [1.54, 1.807) is 24.4 Å². The first-order chi connectivity index (χ1) is 9.28. The number of tetrazole rings is 1. The molecular weight excluding hydrogens is 242 g/mol. The Labute approximate surface area is 108 Å². The lowest BCUT2D eigenvalue weighted by Gasteiger charge is -1.97. The molecule has 3 rings (SSSR count). The number of imidazole rings is 1. The zero-order chi connectivity index (χ0) is 13.2. The molecule has 0 aliphatic heterocycles. The van der Waals surface area contributed by atoms with E-state index in [0.717, 1.165) is 0 Å². The normalized spacial score (nSPS) is 10.3. The first-order valence-electron chi connectivity index (χ1n) is 5.56. The Hall–Kier alpha value is -3.01. The summed E-state index contributed by atoms with van der Waals surface area (Å²) in [7, 11) is 1.86. The highest BCUT2D eigenvalue weighted by molar-refractivity contribution is 5.44. The fourth-order valence-electron chi connectivity index (χ4n) is 1.69. The molecule has 1 aromatic carbocycles. The summed E-state index contributed by atoms with van der Waals surface area (Å²) in [4.78, 5) is 5.54. The second kappa shape index (κ2) is 4.34. The molecule has 0 aliphatic carbocycles. The summed E-state index contributed by atoms with van der Waals surface area (Å²) in [6.45, 7) is 0. The average Bonchev–Trinajstić information content (AvgIpc) is 3.07. The fraction of sp³-hybridized carbons (Fsp3) is 0.0833. The number of nitriles is 1. The van der Waals surface area contributed by atoms with Gasteiger partial charge in [-0.05, 0) is 23.4 Å². The summed E-state index contributed by atoms with van der Waals surface area (Å²) in [5.41, 5.74) is 1.24. The minimum absolute atomic E-state index is 0.440. The maximum Gasteiger partial charge on any atom is 0.240 e. The molecule has 0 saturated heterocycles. The van der Waals surface area contributed by atoms with Gasteiger partial charge in [0.25, 0.3) is 0 Å². The smallest absolute Gasteiger partial charge is 0.240 e. The summed E-state index contributed by atoms with van der Waals surface area (Å²) in [5.74, 6) is 1.08. The molecule has 2 heterocycles. The molecule has 0 aliphatic rings. The highest BCUT2D eigenvalue weighted by atomic mass is 15.6. The van der Waals surface area contributed by atoms with E-state index in [-0.39, 0.29) is 0 Å². The van der Waals surface area contributed by atoms with Crippen LogP contribution in [0.5, 0.6) is 0 Å². The Morgan fingerprint density at radius 1 is 1.32 bits per heavy atom. The first-order valence-corrected chi connectivity index (χ1v) is 5.56. The molecule has 0 atom stereocenters. The molecule has 0 amide bonds. The lowest BCUT2D eigenvalue weighted by molar-refractivity contribution is 0.719. The molecule has 0 N–H and O–H groups in total. The van der Waals surface area contributed by atoms with Gasteiger partial charge in [-0.2, -0.15) is 5.26 Å². The number of nitrogens with zero attached hydrogens (tertiary/aromatic N) is 7. The number of hydrogen-bond donors (Lipinski definition) is 0. The van der Waals surface area contributed by atoms with Crippen LogP contribution in [-0.4, -0.2) is 29.8 Å². The Kier molecular flexibility index (Phi) is 2.54. The van der Waals surface area contributed by atoms with E-state index < -0.39 is 0 Å². The maximum absolute atomic E-state index is 8.87. The van der Waals surface area contributed by atoms with Gasteiger partial charge in [0.15, 0.2) is 5.82 Å². The van der Waals surface area contributed by atoms with Gasteiger partial charge in [-0.3, -0.25) is 0 Å². The lowest BCUT2D eigenvalue weighted by atomic mass is 10.2. The third kappa shape index (κ3) is 1.95. The van der Waals surface area contributed by atoms with Crippen molar-refractivity contribution in [2.24, 2.45) is 7.05 Å². The van der Waals surface area contributed by atoms with Gasteiger partial charge < -0.3 is 4.57 Å². The predicted molar refractivity (Wildman–Crippen MR) is 66.1 cm³/mol. The fourth-order valence-corrected chi connectivity index (χ4v) is 1.69. The number of aryl methyl sites for hydroxylation is 1. The van der Waals surface area contributed by atoms with Gasteiger partial charge in [0, 0.05) is 19.4 Å². The van der Waals surface area contributed by atoms with Crippen LogP contribution in [0.3, 0.4) is 0 Å². The van der Waals surface area contributed by atoms with E-state index in [4.69, 9.17) is 5.26 Å². The van der Waals surface area contributed by atoms with Crippen molar-refractivity contribution < 1.29 is 0 Å². The summed E-state index contributed by atoms with van der Waals surface area (Å²) in [5, 5.41) is 21.1. The van der Waals surface area contributed by atoms with Crippen LogP contribution in [0.2, 0.25) is 0 Å². The number of rotatable bonds is 2. The molecule has 19 heavy (non-hydrogen) atoms. The van der Waals surface area contributed by atoms with Crippen molar-refractivity contribution in [3.05, 3.63) is 42.2 Å². The topological polar surface area (TPSA) is 85.2 Å². The molecule has 2 aromatic heterocycles. The molecule has 3 aromatic rings. The van der Waals surface area contributed by atoms with Crippen molar-refractivity contribution in [1.29, 1.82) is 5.26 Å². The van der Waals surface area contributed by atoms with E-state index in [1.165, 1.54) is 4.80 Å². The van der Waals surface area contributed by atoms with Crippen molar-refractivity contribution in [3.63, 3.8) is 0 Å². The Morgan fingerprint density at radius 2 is 2.21 bits per heavy atom. The third-order valence-electron chi connectivity index (χ3n) is 2.64. The standard InChI is InChI=1S/C12H9N7/c1-18-6-5-14-12(18)11-15-17-19(16-11)10-4-2-3-9(7-10)8-13/h2-7H,1H3. The van der Waals surface area contributed by atoms with Crippen LogP contribution < -0.4 is 0 Å². The van der Waals surface area contributed by atoms with Crippen molar-refractivity contribution in [2.75, 3.05) is 0 Å². The van der Waals surface area contributed by atoms with Crippen molar-refractivity contribution in [1.82, 2.24) is 29.8 Å². The van der Waals surface area contributed by atoms with Crippen LogP contribution in [0.4, 0.5) is 0 Å². The van der Waals surface area contributed by atoms with Gasteiger partial charge in [-0.25, -0.2) is 4.98 Å². The quantitative estimate of drug-likeness (QED) is 0.676. The average molecular weight is 251 g/mol. The van der Waals surface area contributed by atoms with Gasteiger partial charge in [-0.1, -0.05) is 6.07 Å². The molecule has 7 nitrogen and oxygen atoms in total. The highest BCUT2D eigenvalue weighted by Crippen LogP contribution is 2.12. The first kappa shape index (κ1) is 11.1. The van der Waals surface area contributed by atoms with Gasteiger partial charge in [-0.15, -0.1) is 15.0 Å². The highest BCUT2D eigenvalue weighted by Gasteiger charge is 2.11. The second-order valence-corrected chi connectivity index (χ2v) is 3.93. The Bertz CT molecular complexity index is 762. The maximum atomic E-state index is 8.87. The molecule has 0 bridgehead atoms. The molecule has 0 spiro atoms. The van der Waals surface area contributed by atoms with Gasteiger partial charge in [0.05, 0.1) is 17.3 Å².